The first-order chi connectivity index (χ1) is 13.0. The smallest absolute Gasteiger partial charge is 0.406 e. The minimum atomic E-state index is -4.82. The van der Waals surface area contributed by atoms with Crippen molar-refractivity contribution in [1.29, 1.82) is 0 Å². The number of alkyl halides is 3. The molecule has 2 aromatic rings. The SMILES string of the molecule is O=C(Nc1ccc(OC(F)(F)F)cc1)c1ccc(Cl)c(S(=O)(=O)NC2CC2)c1. The van der Waals surface area contributed by atoms with Crippen molar-refractivity contribution < 1.29 is 31.1 Å². The Hall–Kier alpha value is -2.30. The molecule has 1 aliphatic carbocycles. The maximum atomic E-state index is 12.4. The van der Waals surface area contributed by atoms with Gasteiger partial charge in [0.15, 0.2) is 0 Å². The molecule has 0 aromatic heterocycles. The summed E-state index contributed by atoms with van der Waals surface area (Å²) in [4.78, 5) is 12.2. The summed E-state index contributed by atoms with van der Waals surface area (Å²) in [5.41, 5.74) is 0.228. The van der Waals surface area contributed by atoms with Crippen LogP contribution in [0.25, 0.3) is 0 Å². The molecule has 0 bridgehead atoms. The third-order valence-electron chi connectivity index (χ3n) is 3.73. The summed E-state index contributed by atoms with van der Waals surface area (Å²) in [7, 11) is -3.86. The predicted molar refractivity (Wildman–Crippen MR) is 95.9 cm³/mol. The number of hydrogen-bond acceptors (Lipinski definition) is 4. The molecular formula is C17H14ClF3N2O4S. The van der Waals surface area contributed by atoms with Gasteiger partial charge in [-0.1, -0.05) is 11.6 Å². The normalized spacial score (nSPS) is 14.6. The molecule has 2 aromatic carbocycles. The fourth-order valence-electron chi connectivity index (χ4n) is 2.28. The van der Waals surface area contributed by atoms with Gasteiger partial charge in [-0.15, -0.1) is 13.2 Å². The molecule has 0 spiro atoms. The molecule has 0 heterocycles. The minimum Gasteiger partial charge on any atom is -0.406 e. The third-order valence-corrected chi connectivity index (χ3v) is 5.73. The number of hydrogen-bond donors (Lipinski definition) is 2. The van der Waals surface area contributed by atoms with Crippen LogP contribution in [0.2, 0.25) is 5.02 Å². The number of anilines is 1. The van der Waals surface area contributed by atoms with Crippen molar-refractivity contribution in [2.45, 2.75) is 30.1 Å². The molecule has 1 saturated carbocycles. The Morgan fingerprint density at radius 1 is 1.11 bits per heavy atom. The summed E-state index contributed by atoms with van der Waals surface area (Å²) in [6.45, 7) is 0. The predicted octanol–water partition coefficient (Wildman–Crippen LogP) is 3.93. The van der Waals surface area contributed by atoms with Gasteiger partial charge >= 0.3 is 6.36 Å². The van der Waals surface area contributed by atoms with Crippen LogP contribution in [0, 0.1) is 0 Å². The average Bonchev–Trinajstić information content (AvgIpc) is 3.38. The highest BCUT2D eigenvalue weighted by Gasteiger charge is 2.31. The van der Waals surface area contributed by atoms with Crippen LogP contribution in [0.5, 0.6) is 5.75 Å². The van der Waals surface area contributed by atoms with E-state index in [0.29, 0.717) is 0 Å². The van der Waals surface area contributed by atoms with Crippen LogP contribution in [0.3, 0.4) is 0 Å². The summed E-state index contributed by atoms with van der Waals surface area (Å²) in [5.74, 6) is -1.08. The van der Waals surface area contributed by atoms with Crippen LogP contribution in [-0.2, 0) is 10.0 Å². The largest absolute Gasteiger partial charge is 0.573 e. The lowest BCUT2D eigenvalue weighted by atomic mass is 10.2. The highest BCUT2D eigenvalue weighted by molar-refractivity contribution is 7.89. The average molecular weight is 435 g/mol. The zero-order chi connectivity index (χ0) is 20.5. The summed E-state index contributed by atoms with van der Waals surface area (Å²) in [6, 6.07) is 8.18. The number of ether oxygens (including phenoxy) is 1. The maximum absolute atomic E-state index is 12.4. The molecule has 28 heavy (non-hydrogen) atoms. The maximum Gasteiger partial charge on any atom is 0.573 e. The van der Waals surface area contributed by atoms with E-state index < -0.39 is 28.0 Å². The fraction of sp³-hybridized carbons (Fsp3) is 0.235. The van der Waals surface area contributed by atoms with Crippen molar-refractivity contribution in [3.05, 3.63) is 53.1 Å². The lowest BCUT2D eigenvalue weighted by molar-refractivity contribution is -0.274. The Balaban J connectivity index is 1.75. The topological polar surface area (TPSA) is 84.5 Å². The summed E-state index contributed by atoms with van der Waals surface area (Å²) in [6.07, 6.45) is -3.33. The van der Waals surface area contributed by atoms with Crippen molar-refractivity contribution in [2.24, 2.45) is 0 Å². The van der Waals surface area contributed by atoms with E-state index in [2.05, 4.69) is 14.8 Å². The Morgan fingerprint density at radius 2 is 1.75 bits per heavy atom. The van der Waals surface area contributed by atoms with Gasteiger partial charge in [0.2, 0.25) is 10.0 Å². The Labute approximate surface area is 163 Å². The van der Waals surface area contributed by atoms with Crippen LogP contribution in [-0.4, -0.2) is 26.7 Å². The van der Waals surface area contributed by atoms with Gasteiger partial charge in [0.05, 0.1) is 5.02 Å². The first-order valence-corrected chi connectivity index (χ1v) is 9.89. The zero-order valence-electron chi connectivity index (χ0n) is 14.1. The van der Waals surface area contributed by atoms with Gasteiger partial charge < -0.3 is 10.1 Å². The van der Waals surface area contributed by atoms with Crippen LogP contribution in [0.1, 0.15) is 23.2 Å². The van der Waals surface area contributed by atoms with E-state index in [-0.39, 0.29) is 27.2 Å². The molecule has 0 radical (unpaired) electrons. The molecule has 6 nitrogen and oxygen atoms in total. The van der Waals surface area contributed by atoms with Crippen LogP contribution in [0.4, 0.5) is 18.9 Å². The highest BCUT2D eigenvalue weighted by Crippen LogP contribution is 2.28. The van der Waals surface area contributed by atoms with Gasteiger partial charge in [0, 0.05) is 17.3 Å². The van der Waals surface area contributed by atoms with E-state index in [0.717, 1.165) is 31.0 Å². The van der Waals surface area contributed by atoms with Crippen LogP contribution >= 0.6 is 11.6 Å². The van der Waals surface area contributed by atoms with E-state index in [4.69, 9.17) is 11.6 Å². The van der Waals surface area contributed by atoms with E-state index >= 15 is 0 Å². The lowest BCUT2D eigenvalue weighted by Crippen LogP contribution is -2.26. The minimum absolute atomic E-state index is 0.0242. The molecule has 150 valence electrons. The number of rotatable bonds is 6. The van der Waals surface area contributed by atoms with Gasteiger partial charge in [0.25, 0.3) is 5.91 Å². The molecule has 2 N–H and O–H groups in total. The second-order valence-corrected chi connectivity index (χ2v) is 8.16. The summed E-state index contributed by atoms with van der Waals surface area (Å²) < 4.78 is 67.4. The summed E-state index contributed by atoms with van der Waals surface area (Å²) >= 11 is 5.96. The van der Waals surface area contributed by atoms with E-state index in [9.17, 15) is 26.4 Å². The second-order valence-electron chi connectivity index (χ2n) is 6.07. The monoisotopic (exact) mass is 434 g/mol. The molecule has 11 heteroatoms. The fourth-order valence-corrected chi connectivity index (χ4v) is 4.11. The Kier molecular flexibility index (Phi) is 5.55. The number of carbonyl (C=O) groups excluding carboxylic acids is 1. The van der Waals surface area contributed by atoms with Crippen molar-refractivity contribution in [2.75, 3.05) is 5.32 Å². The lowest BCUT2D eigenvalue weighted by Gasteiger charge is -2.11. The van der Waals surface area contributed by atoms with Crippen molar-refractivity contribution >= 4 is 33.2 Å². The molecule has 1 aliphatic rings. The van der Waals surface area contributed by atoms with Gasteiger partial charge in [-0.05, 0) is 55.3 Å². The zero-order valence-corrected chi connectivity index (χ0v) is 15.7. The van der Waals surface area contributed by atoms with Gasteiger partial charge in [-0.2, -0.15) is 0 Å². The van der Waals surface area contributed by atoms with E-state index in [1.807, 2.05) is 0 Å². The molecule has 1 fully saturated rings. The standard InChI is InChI=1S/C17H14ClF3N2O4S/c18-14-8-1-10(9-15(14)28(25,26)23-12-2-3-12)16(24)22-11-4-6-13(7-5-11)27-17(19,20)21/h1,4-9,12,23H,2-3H2,(H,22,24). The van der Waals surface area contributed by atoms with Crippen LogP contribution < -0.4 is 14.8 Å². The molecule has 0 saturated heterocycles. The first-order valence-electron chi connectivity index (χ1n) is 8.02. The Morgan fingerprint density at radius 3 is 2.32 bits per heavy atom. The number of benzene rings is 2. The number of amides is 1. The Bertz CT molecular complexity index is 990. The number of sulfonamides is 1. The highest BCUT2D eigenvalue weighted by atomic mass is 35.5. The van der Waals surface area contributed by atoms with Gasteiger partial charge in [-0.3, -0.25) is 4.79 Å². The number of nitrogens with one attached hydrogen (secondary N) is 2. The van der Waals surface area contributed by atoms with Gasteiger partial charge in [0.1, 0.15) is 10.6 Å². The molecule has 0 atom stereocenters. The van der Waals surface area contributed by atoms with E-state index in [1.165, 1.54) is 24.3 Å². The van der Waals surface area contributed by atoms with Crippen molar-refractivity contribution in [1.82, 2.24) is 4.72 Å². The number of halogens is 4. The molecular weight excluding hydrogens is 421 g/mol. The van der Waals surface area contributed by atoms with Crippen LogP contribution in [0.15, 0.2) is 47.4 Å². The van der Waals surface area contributed by atoms with Crippen molar-refractivity contribution in [3.8, 4) is 5.75 Å². The molecule has 0 unspecified atom stereocenters. The molecule has 0 aliphatic heterocycles. The second kappa shape index (κ2) is 7.61. The van der Waals surface area contributed by atoms with E-state index in [1.54, 1.807) is 0 Å². The summed E-state index contributed by atoms with van der Waals surface area (Å²) in [5, 5.41) is 2.44. The molecule has 3 rings (SSSR count). The quantitative estimate of drug-likeness (QED) is 0.721. The molecule has 1 amide bonds. The number of carbonyl (C=O) groups is 1. The third kappa shape index (κ3) is 5.37. The van der Waals surface area contributed by atoms with Crippen molar-refractivity contribution in [3.63, 3.8) is 0 Å². The van der Waals surface area contributed by atoms with Gasteiger partial charge in [-0.25, -0.2) is 13.1 Å². The first kappa shape index (κ1) is 20.4.